The number of rotatable bonds is 5. The van der Waals surface area contributed by atoms with E-state index in [1.165, 1.54) is 29.2 Å². The van der Waals surface area contributed by atoms with Gasteiger partial charge in [0.2, 0.25) is 11.8 Å². The van der Waals surface area contributed by atoms with Gasteiger partial charge in [-0.1, -0.05) is 9.95 Å². The van der Waals surface area contributed by atoms with Crippen molar-refractivity contribution in [1.29, 1.82) is 0 Å². The summed E-state index contributed by atoms with van der Waals surface area (Å²) in [6, 6.07) is 5.29. The Balaban J connectivity index is 1.97. The molecule has 9 heteroatoms. The molecule has 1 aromatic rings. The predicted molar refractivity (Wildman–Crippen MR) is 71.5 cm³/mol. The molecule has 1 aliphatic rings. The number of nitrogens with zero attached hydrogens (tertiary/aromatic N) is 1. The summed E-state index contributed by atoms with van der Waals surface area (Å²) in [6.45, 7) is 0.459. The zero-order chi connectivity index (χ0) is 15.5. The molecule has 0 unspecified atom stereocenters. The molecule has 0 bridgehead atoms. The van der Waals surface area contributed by atoms with Gasteiger partial charge >= 0.3 is 10.5 Å². The lowest BCUT2D eigenvalue weighted by molar-refractivity contribution is -0.131. The number of benzene rings is 1. The molecule has 114 valence electrons. The fraction of sp³-hybridized carbons (Fsp3) is 0.333. The molecule has 0 spiro atoms. The van der Waals surface area contributed by atoms with E-state index in [0.29, 0.717) is 13.0 Å². The van der Waals surface area contributed by atoms with Crippen LogP contribution in [0.25, 0.3) is 0 Å². The predicted octanol–water partition coefficient (Wildman–Crippen LogP) is 0.841. The molecule has 0 aliphatic carbocycles. The van der Waals surface area contributed by atoms with E-state index in [9.17, 15) is 21.9 Å². The standard InChI is InChI=1S/C12H13FN2O5S/c13-21(18,19)20-10-4-1-3-9(7-10)14-11(16)8-15-6-2-5-12(15)17/h1,3-4,7H,2,5-6,8H2,(H,14,16). The lowest BCUT2D eigenvalue weighted by Crippen LogP contribution is -2.33. The van der Waals surface area contributed by atoms with Crippen molar-refractivity contribution in [3.63, 3.8) is 0 Å². The maximum atomic E-state index is 12.4. The molecular formula is C12H13FN2O5S. The number of nitrogens with one attached hydrogen (secondary N) is 1. The van der Waals surface area contributed by atoms with Crippen molar-refractivity contribution in [1.82, 2.24) is 4.90 Å². The van der Waals surface area contributed by atoms with Gasteiger partial charge in [-0.15, -0.1) is 0 Å². The highest BCUT2D eigenvalue weighted by atomic mass is 32.3. The smallest absolute Gasteiger partial charge is 0.358 e. The van der Waals surface area contributed by atoms with Crippen LogP contribution >= 0.6 is 0 Å². The molecule has 2 rings (SSSR count). The summed E-state index contributed by atoms with van der Waals surface area (Å²) < 4.78 is 37.2. The molecule has 1 heterocycles. The van der Waals surface area contributed by atoms with E-state index in [0.717, 1.165) is 6.42 Å². The lowest BCUT2D eigenvalue weighted by Gasteiger charge is -2.15. The summed E-state index contributed by atoms with van der Waals surface area (Å²) in [5.41, 5.74) is 0.243. The Morgan fingerprint density at radius 1 is 1.43 bits per heavy atom. The number of hydrogen-bond donors (Lipinski definition) is 1. The number of carbonyl (C=O) groups excluding carboxylic acids is 2. The van der Waals surface area contributed by atoms with Crippen LogP contribution in [0, 0.1) is 0 Å². The van der Waals surface area contributed by atoms with Crippen molar-refractivity contribution in [2.24, 2.45) is 0 Å². The number of carbonyl (C=O) groups is 2. The molecular weight excluding hydrogens is 303 g/mol. The van der Waals surface area contributed by atoms with Crippen LogP contribution < -0.4 is 9.50 Å². The van der Waals surface area contributed by atoms with Gasteiger partial charge in [-0.25, -0.2) is 0 Å². The average molecular weight is 316 g/mol. The highest BCUT2D eigenvalue weighted by Gasteiger charge is 2.22. The van der Waals surface area contributed by atoms with Gasteiger partial charge < -0.3 is 14.4 Å². The van der Waals surface area contributed by atoms with Crippen molar-refractivity contribution in [3.8, 4) is 5.75 Å². The number of likely N-dealkylation sites (tertiary alicyclic amines) is 1. The normalized spacial score (nSPS) is 15.1. The van der Waals surface area contributed by atoms with Crippen LogP contribution in [0.15, 0.2) is 24.3 Å². The summed E-state index contributed by atoms with van der Waals surface area (Å²) >= 11 is 0. The van der Waals surface area contributed by atoms with E-state index >= 15 is 0 Å². The van der Waals surface area contributed by atoms with Crippen LogP contribution in [-0.4, -0.2) is 38.2 Å². The minimum absolute atomic E-state index is 0.0780. The highest BCUT2D eigenvalue weighted by Crippen LogP contribution is 2.19. The van der Waals surface area contributed by atoms with Gasteiger partial charge in [-0.3, -0.25) is 9.59 Å². The lowest BCUT2D eigenvalue weighted by atomic mass is 10.3. The second-order valence-electron chi connectivity index (χ2n) is 4.47. The van der Waals surface area contributed by atoms with E-state index in [2.05, 4.69) is 9.50 Å². The van der Waals surface area contributed by atoms with Crippen molar-refractivity contribution >= 4 is 28.0 Å². The number of amides is 2. The minimum Gasteiger partial charge on any atom is -0.358 e. The zero-order valence-corrected chi connectivity index (χ0v) is 11.7. The third-order valence-electron chi connectivity index (χ3n) is 2.82. The largest absolute Gasteiger partial charge is 0.488 e. The van der Waals surface area contributed by atoms with Gasteiger partial charge in [0.25, 0.3) is 0 Å². The number of hydrogen-bond acceptors (Lipinski definition) is 5. The van der Waals surface area contributed by atoms with E-state index in [-0.39, 0.29) is 23.9 Å². The topological polar surface area (TPSA) is 92.8 Å². The zero-order valence-electron chi connectivity index (χ0n) is 10.9. The summed E-state index contributed by atoms with van der Waals surface area (Å²) in [5.74, 6) is -0.760. The van der Waals surface area contributed by atoms with Crippen molar-refractivity contribution < 1.29 is 26.1 Å². The summed E-state index contributed by atoms with van der Waals surface area (Å²) in [4.78, 5) is 24.6. The summed E-state index contributed by atoms with van der Waals surface area (Å²) in [5, 5.41) is 2.49. The van der Waals surface area contributed by atoms with Crippen LogP contribution in [0.3, 0.4) is 0 Å². The van der Waals surface area contributed by atoms with E-state index in [1.807, 2.05) is 0 Å². The van der Waals surface area contributed by atoms with Gasteiger partial charge in [0.15, 0.2) is 0 Å². The van der Waals surface area contributed by atoms with Crippen LogP contribution in [0.4, 0.5) is 9.57 Å². The Labute approximate surface area is 121 Å². The minimum atomic E-state index is -5.11. The van der Waals surface area contributed by atoms with Crippen LogP contribution in [0.1, 0.15) is 12.8 Å². The molecule has 0 radical (unpaired) electrons. The van der Waals surface area contributed by atoms with Crippen molar-refractivity contribution in [2.45, 2.75) is 12.8 Å². The van der Waals surface area contributed by atoms with Gasteiger partial charge in [-0.05, 0) is 18.6 Å². The molecule has 0 saturated carbocycles. The van der Waals surface area contributed by atoms with Gasteiger partial charge in [0, 0.05) is 24.7 Å². The van der Waals surface area contributed by atoms with E-state index < -0.39 is 16.4 Å². The monoisotopic (exact) mass is 316 g/mol. The van der Waals surface area contributed by atoms with Gasteiger partial charge in [0.05, 0.1) is 6.54 Å². The first-order chi connectivity index (χ1) is 9.83. The van der Waals surface area contributed by atoms with Crippen LogP contribution in [-0.2, 0) is 20.1 Å². The fourth-order valence-electron chi connectivity index (χ4n) is 1.99. The molecule has 0 aromatic heterocycles. The molecule has 0 atom stereocenters. The molecule has 7 nitrogen and oxygen atoms in total. The van der Waals surface area contributed by atoms with Gasteiger partial charge in [0.1, 0.15) is 5.75 Å². The Morgan fingerprint density at radius 3 is 2.81 bits per heavy atom. The first-order valence-electron chi connectivity index (χ1n) is 6.15. The Morgan fingerprint density at radius 2 is 2.19 bits per heavy atom. The Kier molecular flexibility index (Phi) is 4.41. The quantitative estimate of drug-likeness (QED) is 0.813. The number of anilines is 1. The molecule has 2 amide bonds. The van der Waals surface area contributed by atoms with Crippen molar-refractivity contribution in [2.75, 3.05) is 18.4 Å². The molecule has 1 saturated heterocycles. The van der Waals surface area contributed by atoms with Gasteiger partial charge in [-0.2, -0.15) is 8.42 Å². The summed E-state index contributed by atoms with van der Waals surface area (Å²) in [6.07, 6.45) is 1.16. The van der Waals surface area contributed by atoms with Crippen LogP contribution in [0.5, 0.6) is 5.75 Å². The highest BCUT2D eigenvalue weighted by molar-refractivity contribution is 7.81. The van der Waals surface area contributed by atoms with E-state index in [4.69, 9.17) is 0 Å². The Hall–Kier alpha value is -2.16. The second kappa shape index (κ2) is 6.08. The summed E-state index contributed by atoms with van der Waals surface area (Å²) in [7, 11) is -5.11. The molecule has 1 aromatic carbocycles. The maximum Gasteiger partial charge on any atom is 0.488 e. The van der Waals surface area contributed by atoms with Crippen LogP contribution in [0.2, 0.25) is 0 Å². The second-order valence-corrected chi connectivity index (χ2v) is 5.42. The molecule has 21 heavy (non-hydrogen) atoms. The van der Waals surface area contributed by atoms with Crippen molar-refractivity contribution in [3.05, 3.63) is 24.3 Å². The van der Waals surface area contributed by atoms with E-state index in [1.54, 1.807) is 0 Å². The molecule has 1 fully saturated rings. The fourth-order valence-corrected chi connectivity index (χ4v) is 2.32. The molecule has 1 N–H and O–H groups in total. The first kappa shape index (κ1) is 15.2. The SMILES string of the molecule is O=C(CN1CCCC1=O)Nc1cccc(OS(=O)(=O)F)c1. The average Bonchev–Trinajstić information content (AvgIpc) is 2.73. The third kappa shape index (κ3) is 4.71. The Bertz CT molecular complexity index is 661. The first-order valence-corrected chi connectivity index (χ1v) is 7.46. The maximum absolute atomic E-state index is 12.4. The molecule has 1 aliphatic heterocycles. The number of halogens is 1. The third-order valence-corrected chi connectivity index (χ3v) is 3.21.